The third-order valence-corrected chi connectivity index (χ3v) is 5.24. The smallest absolute Gasteiger partial charge is 0.166 e. The average Bonchev–Trinajstić information content (AvgIpc) is 3.05. The fourth-order valence-electron chi connectivity index (χ4n) is 3.94. The number of para-hydroxylation sites is 1. The number of aromatic nitrogens is 2. The summed E-state index contributed by atoms with van der Waals surface area (Å²) in [6.45, 7) is 4.87. The number of piperazine rings is 1. The summed E-state index contributed by atoms with van der Waals surface area (Å²) in [6, 6.07) is 14.5. The molecule has 1 N–H and O–H groups in total. The maximum absolute atomic E-state index is 12.2. The molecule has 2 aliphatic heterocycles. The van der Waals surface area contributed by atoms with E-state index in [1.807, 2.05) is 18.2 Å². The Labute approximate surface area is 146 Å². The van der Waals surface area contributed by atoms with Gasteiger partial charge in [-0.3, -0.25) is 4.79 Å². The second kappa shape index (κ2) is 5.70. The second-order valence-electron chi connectivity index (χ2n) is 6.72. The maximum atomic E-state index is 12.2. The van der Waals surface area contributed by atoms with Crippen LogP contribution in [0.15, 0.2) is 42.5 Å². The molecule has 5 rings (SSSR count). The number of nitrogens with one attached hydrogen (secondary N) is 1. The van der Waals surface area contributed by atoms with E-state index in [2.05, 4.69) is 39.0 Å². The number of Topliss-reactive ketones (excluding diaryl/α,β-unsaturated/α-hetero) is 1. The first-order valence-electron chi connectivity index (χ1n) is 8.90. The van der Waals surface area contributed by atoms with Gasteiger partial charge in [0.05, 0.1) is 11.0 Å². The number of nitrogens with zero attached hydrogens (tertiary/aromatic N) is 3. The summed E-state index contributed by atoms with van der Waals surface area (Å²) >= 11 is 0. The van der Waals surface area contributed by atoms with Crippen LogP contribution in [0, 0.1) is 0 Å². The zero-order valence-corrected chi connectivity index (χ0v) is 14.0. The van der Waals surface area contributed by atoms with Crippen molar-refractivity contribution in [3.05, 3.63) is 48.0 Å². The molecule has 3 heterocycles. The molecule has 5 heteroatoms. The van der Waals surface area contributed by atoms with Gasteiger partial charge < -0.3 is 14.8 Å². The molecule has 0 atom stereocenters. The number of imidazole rings is 1. The topological polar surface area (TPSA) is 50.2 Å². The Morgan fingerprint density at radius 3 is 2.56 bits per heavy atom. The maximum Gasteiger partial charge on any atom is 0.166 e. The van der Waals surface area contributed by atoms with Crippen molar-refractivity contribution in [2.45, 2.75) is 13.0 Å². The van der Waals surface area contributed by atoms with Crippen LogP contribution in [0.5, 0.6) is 0 Å². The number of hydrogen-bond donors (Lipinski definition) is 1. The van der Waals surface area contributed by atoms with E-state index in [0.717, 1.165) is 54.2 Å². The van der Waals surface area contributed by atoms with E-state index in [1.165, 1.54) is 5.69 Å². The van der Waals surface area contributed by atoms with Crippen molar-refractivity contribution in [2.24, 2.45) is 0 Å². The van der Waals surface area contributed by atoms with Crippen molar-refractivity contribution in [1.82, 2.24) is 14.9 Å². The highest BCUT2D eigenvalue weighted by atomic mass is 16.1. The van der Waals surface area contributed by atoms with Crippen molar-refractivity contribution < 1.29 is 4.79 Å². The normalized spacial score (nSPS) is 17.3. The van der Waals surface area contributed by atoms with Crippen molar-refractivity contribution in [2.75, 3.05) is 31.1 Å². The van der Waals surface area contributed by atoms with Gasteiger partial charge in [-0.05, 0) is 36.4 Å². The lowest BCUT2D eigenvalue weighted by Crippen LogP contribution is -2.43. The lowest BCUT2D eigenvalue weighted by Gasteiger charge is -2.29. The molecule has 1 fully saturated rings. The van der Waals surface area contributed by atoms with E-state index >= 15 is 0 Å². The van der Waals surface area contributed by atoms with Gasteiger partial charge in [0.2, 0.25) is 0 Å². The highest BCUT2D eigenvalue weighted by molar-refractivity contribution is 6.08. The number of rotatable bonds is 2. The zero-order chi connectivity index (χ0) is 16.8. The first-order valence-corrected chi connectivity index (χ1v) is 8.90. The minimum atomic E-state index is 0.221. The summed E-state index contributed by atoms with van der Waals surface area (Å²) in [5, 5.41) is 3.38. The molecule has 5 nitrogen and oxygen atoms in total. The van der Waals surface area contributed by atoms with Crippen LogP contribution in [0.1, 0.15) is 16.8 Å². The van der Waals surface area contributed by atoms with E-state index in [-0.39, 0.29) is 5.78 Å². The van der Waals surface area contributed by atoms with Crippen LogP contribution in [0.3, 0.4) is 0 Å². The summed E-state index contributed by atoms with van der Waals surface area (Å²) in [4.78, 5) is 19.4. The molecular weight excluding hydrogens is 312 g/mol. The quantitative estimate of drug-likeness (QED) is 0.784. The van der Waals surface area contributed by atoms with Gasteiger partial charge in [0.25, 0.3) is 0 Å². The molecule has 2 aliphatic rings. The van der Waals surface area contributed by atoms with Crippen LogP contribution < -0.4 is 10.2 Å². The van der Waals surface area contributed by atoms with Crippen molar-refractivity contribution in [1.29, 1.82) is 0 Å². The van der Waals surface area contributed by atoms with Crippen molar-refractivity contribution >= 4 is 22.5 Å². The molecule has 0 spiro atoms. The number of carbonyl (C=O) groups is 1. The number of hydrogen-bond acceptors (Lipinski definition) is 4. The van der Waals surface area contributed by atoms with Gasteiger partial charge in [0.1, 0.15) is 5.82 Å². The molecule has 0 amide bonds. The minimum absolute atomic E-state index is 0.221. The van der Waals surface area contributed by atoms with Crippen molar-refractivity contribution in [3.8, 4) is 11.4 Å². The average molecular weight is 332 g/mol. The van der Waals surface area contributed by atoms with Gasteiger partial charge in [-0.25, -0.2) is 4.98 Å². The van der Waals surface area contributed by atoms with Gasteiger partial charge in [-0.1, -0.05) is 6.07 Å². The Hall–Kier alpha value is -2.66. The van der Waals surface area contributed by atoms with Crippen LogP contribution in [0.4, 0.5) is 5.69 Å². The van der Waals surface area contributed by atoms with E-state index in [4.69, 9.17) is 4.98 Å². The molecule has 25 heavy (non-hydrogen) atoms. The Morgan fingerprint density at radius 1 is 0.960 bits per heavy atom. The van der Waals surface area contributed by atoms with Gasteiger partial charge in [0, 0.05) is 56.0 Å². The monoisotopic (exact) mass is 332 g/mol. The van der Waals surface area contributed by atoms with Crippen LogP contribution in [-0.2, 0) is 6.54 Å². The highest BCUT2D eigenvalue weighted by Gasteiger charge is 2.23. The van der Waals surface area contributed by atoms with Gasteiger partial charge in [0.15, 0.2) is 5.78 Å². The molecule has 0 bridgehead atoms. The molecule has 0 unspecified atom stereocenters. The van der Waals surface area contributed by atoms with E-state index in [1.54, 1.807) is 0 Å². The number of benzene rings is 2. The summed E-state index contributed by atoms with van der Waals surface area (Å²) in [6.07, 6.45) is 0.550. The van der Waals surface area contributed by atoms with Gasteiger partial charge >= 0.3 is 0 Å². The third-order valence-electron chi connectivity index (χ3n) is 5.24. The standard InChI is InChI=1S/C20H20N4O/c25-18-8-11-24-19-16(18)2-1-3-17(19)22-20(24)14-4-6-15(7-5-14)23-12-9-21-10-13-23/h1-7,21H,8-13H2. The molecule has 1 saturated heterocycles. The van der Waals surface area contributed by atoms with E-state index < -0.39 is 0 Å². The second-order valence-corrected chi connectivity index (χ2v) is 6.72. The molecule has 0 radical (unpaired) electrons. The summed E-state index contributed by atoms with van der Waals surface area (Å²) in [5.41, 5.74) is 5.07. The SMILES string of the molecule is O=C1CCn2c(-c3ccc(N4CCNCC4)cc3)nc3cccc1c32. The molecule has 0 aliphatic carbocycles. The molecule has 3 aromatic rings. The minimum Gasteiger partial charge on any atom is -0.369 e. The van der Waals surface area contributed by atoms with Crippen molar-refractivity contribution in [3.63, 3.8) is 0 Å². The number of ketones is 1. The van der Waals surface area contributed by atoms with Gasteiger partial charge in [-0.2, -0.15) is 0 Å². The number of anilines is 1. The van der Waals surface area contributed by atoms with E-state index in [0.29, 0.717) is 13.0 Å². The Kier molecular flexibility index (Phi) is 3.35. The fourth-order valence-corrected chi connectivity index (χ4v) is 3.94. The van der Waals surface area contributed by atoms with Crippen LogP contribution in [0.25, 0.3) is 22.4 Å². The van der Waals surface area contributed by atoms with Gasteiger partial charge in [-0.15, -0.1) is 0 Å². The largest absolute Gasteiger partial charge is 0.369 e. The van der Waals surface area contributed by atoms with Crippen LogP contribution >= 0.6 is 0 Å². The highest BCUT2D eigenvalue weighted by Crippen LogP contribution is 2.32. The van der Waals surface area contributed by atoms with Crippen LogP contribution in [0.2, 0.25) is 0 Å². The van der Waals surface area contributed by atoms with Crippen LogP contribution in [-0.4, -0.2) is 41.5 Å². The predicted octanol–water partition coefficient (Wildman–Crippen LogP) is 2.70. The first kappa shape index (κ1) is 14.7. The first-order chi connectivity index (χ1) is 12.3. The summed E-state index contributed by atoms with van der Waals surface area (Å²) in [7, 11) is 0. The molecule has 2 aromatic carbocycles. The lowest BCUT2D eigenvalue weighted by atomic mass is 10.0. The predicted molar refractivity (Wildman–Crippen MR) is 99.2 cm³/mol. The molecular formula is C20H20N4O. The summed E-state index contributed by atoms with van der Waals surface area (Å²) < 4.78 is 2.20. The third kappa shape index (κ3) is 2.35. The Bertz CT molecular complexity index is 952. The van der Waals surface area contributed by atoms with E-state index in [9.17, 15) is 4.79 Å². The number of aryl methyl sites for hydroxylation is 1. The molecule has 126 valence electrons. The number of carbonyl (C=O) groups excluding carboxylic acids is 1. The summed E-state index contributed by atoms with van der Waals surface area (Å²) in [5.74, 6) is 1.18. The Morgan fingerprint density at radius 2 is 1.76 bits per heavy atom. The molecule has 0 saturated carbocycles. The lowest BCUT2D eigenvalue weighted by molar-refractivity contribution is 0.0973. The zero-order valence-electron chi connectivity index (χ0n) is 14.0. The fraction of sp³-hybridized carbons (Fsp3) is 0.300. The molecule has 1 aromatic heterocycles. The Balaban J connectivity index is 1.57.